The number of rotatable bonds is 5. The van der Waals surface area contributed by atoms with Crippen LogP contribution < -0.4 is 5.32 Å². The quantitative estimate of drug-likeness (QED) is 0.707. The highest BCUT2D eigenvalue weighted by Gasteiger charge is 2.10. The first-order valence-corrected chi connectivity index (χ1v) is 8.32. The lowest BCUT2D eigenvalue weighted by atomic mass is 10.1. The van der Waals surface area contributed by atoms with Crippen LogP contribution in [-0.2, 0) is 6.42 Å². The largest absolute Gasteiger partial charge is 0.310 e. The molecule has 0 aliphatic carbocycles. The molecule has 0 saturated heterocycles. The van der Waals surface area contributed by atoms with Crippen molar-refractivity contribution in [3.05, 3.63) is 57.6 Å². The van der Waals surface area contributed by atoms with Crippen molar-refractivity contribution < 1.29 is 0 Å². The van der Waals surface area contributed by atoms with Crippen LogP contribution in [0.15, 0.2) is 47.2 Å². The maximum absolute atomic E-state index is 3.63. The van der Waals surface area contributed by atoms with E-state index in [1.54, 1.807) is 0 Å². The second-order valence-electron chi connectivity index (χ2n) is 4.69. The van der Waals surface area contributed by atoms with Crippen LogP contribution in [0.25, 0.3) is 10.1 Å². The van der Waals surface area contributed by atoms with Crippen molar-refractivity contribution in [1.29, 1.82) is 0 Å². The second-order valence-corrected chi connectivity index (χ2v) is 6.64. The van der Waals surface area contributed by atoms with Crippen molar-refractivity contribution in [3.63, 3.8) is 0 Å². The van der Waals surface area contributed by atoms with Crippen molar-refractivity contribution in [1.82, 2.24) is 5.32 Å². The number of hydrogen-bond acceptors (Lipinski definition) is 3. The fourth-order valence-corrected chi connectivity index (χ4v) is 4.07. The summed E-state index contributed by atoms with van der Waals surface area (Å²) in [7, 11) is 0. The molecule has 0 bridgehead atoms. The number of fused-ring (bicyclic) bond motifs is 1. The van der Waals surface area contributed by atoms with Crippen LogP contribution in [0.3, 0.4) is 0 Å². The van der Waals surface area contributed by atoms with E-state index < -0.39 is 0 Å². The maximum Gasteiger partial charge on any atom is 0.0346 e. The Hall–Kier alpha value is -1.16. The molecule has 0 radical (unpaired) electrons. The predicted molar refractivity (Wildman–Crippen MR) is 86.3 cm³/mol. The van der Waals surface area contributed by atoms with Crippen LogP contribution in [-0.4, -0.2) is 6.54 Å². The van der Waals surface area contributed by atoms with E-state index >= 15 is 0 Å². The molecule has 1 N–H and O–H groups in total. The van der Waals surface area contributed by atoms with Crippen molar-refractivity contribution in [2.75, 3.05) is 6.54 Å². The van der Waals surface area contributed by atoms with E-state index in [-0.39, 0.29) is 0 Å². The zero-order valence-corrected chi connectivity index (χ0v) is 12.6. The van der Waals surface area contributed by atoms with Crippen LogP contribution >= 0.6 is 22.7 Å². The van der Waals surface area contributed by atoms with E-state index in [0.717, 1.165) is 13.0 Å². The van der Waals surface area contributed by atoms with E-state index in [1.165, 1.54) is 20.5 Å². The third kappa shape index (κ3) is 2.89. The minimum Gasteiger partial charge on any atom is -0.310 e. The molecule has 3 heteroatoms. The lowest BCUT2D eigenvalue weighted by Gasteiger charge is -2.13. The van der Waals surface area contributed by atoms with Gasteiger partial charge in [-0.25, -0.2) is 0 Å². The predicted octanol–water partition coefficient (Wildman–Crippen LogP) is 4.86. The van der Waals surface area contributed by atoms with Gasteiger partial charge in [0.05, 0.1) is 0 Å². The van der Waals surface area contributed by atoms with E-state index in [9.17, 15) is 0 Å². The molecule has 3 rings (SSSR count). The molecule has 0 amide bonds. The lowest BCUT2D eigenvalue weighted by Crippen LogP contribution is -2.20. The van der Waals surface area contributed by atoms with Gasteiger partial charge in [-0.2, -0.15) is 0 Å². The topological polar surface area (TPSA) is 12.0 Å². The van der Waals surface area contributed by atoms with Gasteiger partial charge in [0.25, 0.3) is 0 Å². The Morgan fingerprint density at radius 1 is 1.11 bits per heavy atom. The second kappa shape index (κ2) is 5.87. The summed E-state index contributed by atoms with van der Waals surface area (Å²) in [5.74, 6) is 0. The first-order chi connectivity index (χ1) is 9.34. The van der Waals surface area contributed by atoms with E-state index in [1.807, 2.05) is 22.7 Å². The molecule has 3 aromatic rings. The number of benzene rings is 1. The zero-order valence-electron chi connectivity index (χ0n) is 10.9. The van der Waals surface area contributed by atoms with Crippen molar-refractivity contribution >= 4 is 32.8 Å². The average molecular weight is 287 g/mol. The first kappa shape index (κ1) is 12.9. The van der Waals surface area contributed by atoms with Crippen LogP contribution in [0.2, 0.25) is 0 Å². The molecule has 1 nitrogen and oxygen atoms in total. The molecular weight excluding hydrogens is 270 g/mol. The fraction of sp³-hybridized carbons (Fsp3) is 0.250. The highest BCUT2D eigenvalue weighted by Crippen LogP contribution is 2.29. The smallest absolute Gasteiger partial charge is 0.0346 e. The fourth-order valence-electron chi connectivity index (χ4n) is 2.31. The minimum absolute atomic E-state index is 0.413. The SMILES string of the molecule is CC(NCCc1cccs1)c1csc2ccccc12. The van der Waals surface area contributed by atoms with Gasteiger partial charge in [0.15, 0.2) is 0 Å². The van der Waals surface area contributed by atoms with Gasteiger partial charge >= 0.3 is 0 Å². The lowest BCUT2D eigenvalue weighted by molar-refractivity contribution is 0.583. The molecule has 2 aromatic heterocycles. The Labute approximate surface area is 121 Å². The van der Waals surface area contributed by atoms with Crippen LogP contribution in [0.5, 0.6) is 0 Å². The van der Waals surface area contributed by atoms with Crippen LogP contribution in [0.4, 0.5) is 0 Å². The third-order valence-electron chi connectivity index (χ3n) is 3.38. The molecule has 0 aliphatic rings. The number of thiophene rings is 2. The van der Waals surface area contributed by atoms with Gasteiger partial charge in [-0.1, -0.05) is 24.3 Å². The molecule has 0 spiro atoms. The monoisotopic (exact) mass is 287 g/mol. The van der Waals surface area contributed by atoms with Gasteiger partial charge in [-0.3, -0.25) is 0 Å². The van der Waals surface area contributed by atoms with Crippen LogP contribution in [0, 0.1) is 0 Å². The Morgan fingerprint density at radius 3 is 2.84 bits per heavy atom. The molecule has 1 unspecified atom stereocenters. The van der Waals surface area contributed by atoms with Gasteiger partial charge in [0.1, 0.15) is 0 Å². The molecule has 0 aliphatic heterocycles. The van der Waals surface area contributed by atoms with Crippen LogP contribution in [0.1, 0.15) is 23.4 Å². The van der Waals surface area contributed by atoms with Crippen molar-refractivity contribution in [2.24, 2.45) is 0 Å². The molecule has 1 atom stereocenters. The van der Waals surface area contributed by atoms with Gasteiger partial charge in [0.2, 0.25) is 0 Å². The summed E-state index contributed by atoms with van der Waals surface area (Å²) >= 11 is 3.67. The van der Waals surface area contributed by atoms with Gasteiger partial charge < -0.3 is 5.32 Å². The summed E-state index contributed by atoms with van der Waals surface area (Å²) in [6.45, 7) is 3.29. The Kier molecular flexibility index (Phi) is 3.97. The molecule has 2 heterocycles. The maximum atomic E-state index is 3.63. The van der Waals surface area contributed by atoms with E-state index in [4.69, 9.17) is 0 Å². The standard InChI is InChI=1S/C16H17NS2/c1-12(17-9-8-13-5-4-10-18-13)15-11-19-16-7-3-2-6-14(15)16/h2-7,10-12,17H,8-9H2,1H3. The highest BCUT2D eigenvalue weighted by molar-refractivity contribution is 7.17. The average Bonchev–Trinajstić information content (AvgIpc) is 3.07. The van der Waals surface area contributed by atoms with E-state index in [0.29, 0.717) is 6.04 Å². The zero-order chi connectivity index (χ0) is 13.1. The molecule has 98 valence electrons. The first-order valence-electron chi connectivity index (χ1n) is 6.56. The van der Waals surface area contributed by atoms with Crippen molar-refractivity contribution in [3.8, 4) is 0 Å². The number of hydrogen-bond donors (Lipinski definition) is 1. The third-order valence-corrected chi connectivity index (χ3v) is 5.30. The summed E-state index contributed by atoms with van der Waals surface area (Å²) in [5, 5.41) is 9.45. The number of nitrogens with one attached hydrogen (secondary N) is 1. The summed E-state index contributed by atoms with van der Waals surface area (Å²) in [5.41, 5.74) is 1.42. The highest BCUT2D eigenvalue weighted by atomic mass is 32.1. The van der Waals surface area contributed by atoms with Gasteiger partial charge in [0, 0.05) is 22.2 Å². The van der Waals surface area contributed by atoms with Gasteiger partial charge in [-0.05, 0) is 47.2 Å². The normalized spacial score (nSPS) is 12.9. The Bertz CT molecular complexity index is 640. The van der Waals surface area contributed by atoms with E-state index in [2.05, 4.69) is 59.4 Å². The molecule has 19 heavy (non-hydrogen) atoms. The Balaban J connectivity index is 1.65. The molecular formula is C16H17NS2. The van der Waals surface area contributed by atoms with Crippen molar-refractivity contribution in [2.45, 2.75) is 19.4 Å². The summed E-state index contributed by atoms with van der Waals surface area (Å²) in [6.07, 6.45) is 1.12. The minimum atomic E-state index is 0.413. The summed E-state index contributed by atoms with van der Waals surface area (Å²) < 4.78 is 1.38. The summed E-state index contributed by atoms with van der Waals surface area (Å²) in [4.78, 5) is 1.45. The molecule has 0 fully saturated rings. The molecule has 1 aromatic carbocycles. The Morgan fingerprint density at radius 2 is 2.00 bits per heavy atom. The van der Waals surface area contributed by atoms with Gasteiger partial charge in [-0.15, -0.1) is 22.7 Å². The molecule has 0 saturated carbocycles. The summed E-state index contributed by atoms with van der Waals surface area (Å²) in [6, 6.07) is 13.4.